The predicted molar refractivity (Wildman–Crippen MR) is 104 cm³/mol. The van der Waals surface area contributed by atoms with E-state index in [1.165, 1.54) is 0 Å². The summed E-state index contributed by atoms with van der Waals surface area (Å²) in [5.74, 6) is 1.30. The van der Waals surface area contributed by atoms with Crippen molar-refractivity contribution in [3.63, 3.8) is 0 Å². The molecule has 2 aromatic rings. The van der Waals surface area contributed by atoms with Gasteiger partial charge in [0.2, 0.25) is 5.91 Å². The molecular weight excluding hydrogens is 370 g/mol. The molecule has 1 aliphatic rings. The Kier molecular flexibility index (Phi) is 7.65. The summed E-state index contributed by atoms with van der Waals surface area (Å²) >= 11 is 0. The first-order valence-corrected chi connectivity index (χ1v) is 8.76. The number of nitrogens with zero attached hydrogens (tertiary/aromatic N) is 1. The number of carbonyl (C=O) groups is 1. The molecule has 8 heteroatoms. The molecule has 3 N–H and O–H groups in total. The lowest BCUT2D eigenvalue weighted by atomic mass is 9.83. The van der Waals surface area contributed by atoms with Crippen LogP contribution in [0.1, 0.15) is 25.0 Å². The second kappa shape index (κ2) is 9.73. The summed E-state index contributed by atoms with van der Waals surface area (Å²) in [5, 5.41) is 6.96. The minimum absolute atomic E-state index is 0. The monoisotopic (exact) mass is 395 g/mol. The summed E-state index contributed by atoms with van der Waals surface area (Å²) in [4.78, 5) is 12.4. The van der Waals surface area contributed by atoms with E-state index in [1.54, 1.807) is 14.2 Å². The van der Waals surface area contributed by atoms with Crippen molar-refractivity contribution in [1.82, 2.24) is 10.5 Å². The number of methoxy groups -OCH3 is 2. The summed E-state index contributed by atoms with van der Waals surface area (Å²) < 4.78 is 15.9. The molecule has 1 aromatic heterocycles. The van der Waals surface area contributed by atoms with Crippen LogP contribution in [0.3, 0.4) is 0 Å². The van der Waals surface area contributed by atoms with Gasteiger partial charge in [-0.15, -0.1) is 12.4 Å². The molecule has 3 rings (SSSR count). The summed E-state index contributed by atoms with van der Waals surface area (Å²) in [6.45, 7) is 0.325. The number of aromatic nitrogens is 1. The Balaban J connectivity index is 0.00000261. The van der Waals surface area contributed by atoms with E-state index >= 15 is 0 Å². The molecule has 1 heterocycles. The average molecular weight is 396 g/mol. The highest BCUT2D eigenvalue weighted by molar-refractivity contribution is 5.85. The zero-order valence-corrected chi connectivity index (χ0v) is 16.3. The summed E-state index contributed by atoms with van der Waals surface area (Å²) in [6, 6.07) is 9.26. The normalized spacial score (nSPS) is 22.0. The van der Waals surface area contributed by atoms with Crippen LogP contribution in [0.25, 0.3) is 11.3 Å². The fraction of sp³-hybridized carbons (Fsp3) is 0.474. The Labute approximate surface area is 165 Å². The molecule has 0 unspecified atom stereocenters. The van der Waals surface area contributed by atoms with E-state index in [0.717, 1.165) is 24.2 Å². The van der Waals surface area contributed by atoms with E-state index in [4.69, 9.17) is 19.7 Å². The van der Waals surface area contributed by atoms with Crippen LogP contribution in [-0.2, 0) is 16.1 Å². The highest BCUT2D eigenvalue weighted by Crippen LogP contribution is 2.26. The van der Waals surface area contributed by atoms with Crippen LogP contribution in [-0.4, -0.2) is 37.4 Å². The zero-order chi connectivity index (χ0) is 18.5. The van der Waals surface area contributed by atoms with Gasteiger partial charge in [-0.2, -0.15) is 0 Å². The van der Waals surface area contributed by atoms with Crippen LogP contribution in [0.15, 0.2) is 34.9 Å². The maximum absolute atomic E-state index is 12.4. The van der Waals surface area contributed by atoms with Crippen molar-refractivity contribution < 1.29 is 18.8 Å². The first-order chi connectivity index (χ1) is 12.6. The van der Waals surface area contributed by atoms with Crippen molar-refractivity contribution in [3.8, 4) is 17.1 Å². The van der Waals surface area contributed by atoms with Gasteiger partial charge in [0.05, 0.1) is 19.8 Å². The summed E-state index contributed by atoms with van der Waals surface area (Å²) in [6.07, 6.45) is 2.27. The summed E-state index contributed by atoms with van der Waals surface area (Å²) in [5.41, 5.74) is 7.62. The lowest BCUT2D eigenvalue weighted by Gasteiger charge is -2.32. The molecule has 1 saturated carbocycles. The highest BCUT2D eigenvalue weighted by atomic mass is 35.5. The van der Waals surface area contributed by atoms with Gasteiger partial charge >= 0.3 is 0 Å². The fourth-order valence-electron chi connectivity index (χ4n) is 3.34. The minimum Gasteiger partial charge on any atom is -0.497 e. The number of halogens is 1. The molecule has 0 spiro atoms. The van der Waals surface area contributed by atoms with Crippen molar-refractivity contribution in [1.29, 1.82) is 0 Å². The van der Waals surface area contributed by atoms with Crippen molar-refractivity contribution in [2.24, 2.45) is 11.7 Å². The third kappa shape index (κ3) is 5.22. The van der Waals surface area contributed by atoms with Gasteiger partial charge in [-0.1, -0.05) is 17.3 Å². The highest BCUT2D eigenvalue weighted by Gasteiger charge is 2.31. The third-order valence-electron chi connectivity index (χ3n) is 4.86. The van der Waals surface area contributed by atoms with Crippen LogP contribution < -0.4 is 15.8 Å². The molecule has 1 aromatic carbocycles. The molecule has 3 atom stereocenters. The molecule has 27 heavy (non-hydrogen) atoms. The van der Waals surface area contributed by atoms with Crippen LogP contribution in [0.4, 0.5) is 0 Å². The van der Waals surface area contributed by atoms with Gasteiger partial charge in [0.1, 0.15) is 11.4 Å². The van der Waals surface area contributed by atoms with E-state index < -0.39 is 0 Å². The van der Waals surface area contributed by atoms with Gasteiger partial charge in [0.25, 0.3) is 0 Å². The quantitative estimate of drug-likeness (QED) is 0.779. The Morgan fingerprint density at radius 3 is 2.85 bits per heavy atom. The molecular formula is C19H26ClN3O4. The Morgan fingerprint density at radius 1 is 1.33 bits per heavy atom. The van der Waals surface area contributed by atoms with Gasteiger partial charge in [-0.3, -0.25) is 4.79 Å². The standard InChI is InChI=1S/C19H25N3O4.ClH/c1-24-15-5-3-4-12(8-15)18-10-14(22-26-18)11-21-19(23)13-6-7-17(25-2)16(20)9-13;/h3-5,8,10,13,16-17H,6-7,9,11,20H2,1-2H3,(H,21,23);1H/t13-,16+,17+;/m0./s1. The van der Waals surface area contributed by atoms with Crippen molar-refractivity contribution in [2.75, 3.05) is 14.2 Å². The first kappa shape index (κ1) is 21.2. The van der Waals surface area contributed by atoms with Crippen molar-refractivity contribution >= 4 is 18.3 Å². The van der Waals surface area contributed by atoms with E-state index in [0.29, 0.717) is 24.4 Å². The molecule has 0 aliphatic heterocycles. The molecule has 1 fully saturated rings. The Morgan fingerprint density at radius 2 is 2.15 bits per heavy atom. The Hall–Kier alpha value is -2.09. The van der Waals surface area contributed by atoms with E-state index in [9.17, 15) is 4.79 Å². The number of rotatable bonds is 6. The number of ether oxygens (including phenoxy) is 2. The first-order valence-electron chi connectivity index (χ1n) is 8.76. The van der Waals surface area contributed by atoms with Crippen LogP contribution in [0.5, 0.6) is 5.75 Å². The van der Waals surface area contributed by atoms with Crippen LogP contribution in [0.2, 0.25) is 0 Å². The lowest BCUT2D eigenvalue weighted by molar-refractivity contribution is -0.127. The zero-order valence-electron chi connectivity index (χ0n) is 15.5. The second-order valence-corrected chi connectivity index (χ2v) is 6.58. The van der Waals surface area contributed by atoms with Gasteiger partial charge in [0, 0.05) is 30.7 Å². The fourth-order valence-corrected chi connectivity index (χ4v) is 3.34. The number of hydrogen-bond acceptors (Lipinski definition) is 6. The lowest BCUT2D eigenvalue weighted by Crippen LogP contribution is -2.45. The molecule has 0 bridgehead atoms. The molecule has 0 radical (unpaired) electrons. The average Bonchev–Trinajstić information content (AvgIpc) is 3.15. The van der Waals surface area contributed by atoms with Crippen LogP contribution >= 0.6 is 12.4 Å². The molecule has 148 valence electrons. The second-order valence-electron chi connectivity index (χ2n) is 6.58. The number of nitrogens with two attached hydrogens (primary N) is 1. The number of nitrogens with one attached hydrogen (secondary N) is 1. The Bertz CT molecular complexity index is 752. The minimum atomic E-state index is -0.101. The van der Waals surface area contributed by atoms with E-state index in [2.05, 4.69) is 10.5 Å². The van der Waals surface area contributed by atoms with Crippen molar-refractivity contribution in [2.45, 2.75) is 38.0 Å². The maximum Gasteiger partial charge on any atom is 0.223 e. The third-order valence-corrected chi connectivity index (χ3v) is 4.86. The van der Waals surface area contributed by atoms with Gasteiger partial charge < -0.3 is 25.0 Å². The number of benzene rings is 1. The van der Waals surface area contributed by atoms with Gasteiger partial charge in [0.15, 0.2) is 5.76 Å². The smallest absolute Gasteiger partial charge is 0.223 e. The largest absolute Gasteiger partial charge is 0.497 e. The van der Waals surface area contributed by atoms with Gasteiger partial charge in [-0.25, -0.2) is 0 Å². The maximum atomic E-state index is 12.4. The summed E-state index contributed by atoms with van der Waals surface area (Å²) in [7, 11) is 3.28. The van der Waals surface area contributed by atoms with Crippen LogP contribution in [0, 0.1) is 5.92 Å². The molecule has 1 amide bonds. The number of carbonyl (C=O) groups excluding carboxylic acids is 1. The number of amides is 1. The van der Waals surface area contributed by atoms with Gasteiger partial charge in [-0.05, 0) is 31.4 Å². The van der Waals surface area contributed by atoms with Crippen molar-refractivity contribution in [3.05, 3.63) is 36.0 Å². The predicted octanol–water partition coefficient (Wildman–Crippen LogP) is 2.53. The SMILES string of the molecule is COc1cccc(-c2cc(CNC(=O)[C@H]3CC[C@@H](OC)[C@H](N)C3)no2)c1.Cl. The number of hydrogen-bond donors (Lipinski definition) is 2. The molecule has 1 aliphatic carbocycles. The van der Waals surface area contributed by atoms with E-state index in [-0.39, 0.29) is 36.4 Å². The van der Waals surface area contributed by atoms with E-state index in [1.807, 2.05) is 30.3 Å². The topological polar surface area (TPSA) is 99.6 Å². The molecule has 7 nitrogen and oxygen atoms in total. The molecule has 0 saturated heterocycles.